The van der Waals surface area contributed by atoms with E-state index in [1.54, 1.807) is 0 Å². The SMILES string of the molecule is CC(=O)O[C@H](C)OC(=O)N1C[C@@H](COc2cc(F)ccc2F)C[C@H]1C(=O)O. The first-order valence-corrected chi connectivity index (χ1v) is 8.12. The number of rotatable bonds is 6. The Morgan fingerprint density at radius 3 is 2.63 bits per heavy atom. The number of halogens is 2. The number of benzene rings is 1. The van der Waals surface area contributed by atoms with Gasteiger partial charge in [-0.3, -0.25) is 9.69 Å². The molecule has 1 aromatic carbocycles. The predicted octanol–water partition coefficient (Wildman–Crippen LogP) is 2.16. The van der Waals surface area contributed by atoms with Crippen molar-refractivity contribution < 1.29 is 42.5 Å². The highest BCUT2D eigenvalue weighted by Gasteiger charge is 2.41. The summed E-state index contributed by atoms with van der Waals surface area (Å²) < 4.78 is 41.6. The summed E-state index contributed by atoms with van der Waals surface area (Å²) >= 11 is 0. The molecule has 0 radical (unpaired) electrons. The van der Waals surface area contributed by atoms with Crippen LogP contribution < -0.4 is 4.74 Å². The van der Waals surface area contributed by atoms with Crippen molar-refractivity contribution in [2.75, 3.05) is 13.2 Å². The van der Waals surface area contributed by atoms with Gasteiger partial charge in [0, 0.05) is 32.4 Å². The second-order valence-corrected chi connectivity index (χ2v) is 6.05. The maximum absolute atomic E-state index is 13.6. The summed E-state index contributed by atoms with van der Waals surface area (Å²) in [5, 5.41) is 9.31. The monoisotopic (exact) mass is 387 g/mol. The summed E-state index contributed by atoms with van der Waals surface area (Å²) in [6, 6.07) is 1.57. The van der Waals surface area contributed by atoms with Gasteiger partial charge in [0.15, 0.2) is 11.6 Å². The Hall–Kier alpha value is -2.91. The molecule has 3 atom stereocenters. The van der Waals surface area contributed by atoms with Gasteiger partial charge >= 0.3 is 18.0 Å². The Kier molecular flexibility index (Phi) is 6.54. The summed E-state index contributed by atoms with van der Waals surface area (Å²) in [4.78, 5) is 35.4. The number of carbonyl (C=O) groups excluding carboxylic acids is 2. The molecule has 0 aliphatic carbocycles. The Labute approximate surface area is 153 Å². The van der Waals surface area contributed by atoms with Gasteiger partial charge in [-0.25, -0.2) is 18.4 Å². The van der Waals surface area contributed by atoms with Crippen LogP contribution in [0, 0.1) is 17.6 Å². The summed E-state index contributed by atoms with van der Waals surface area (Å²) in [6.45, 7) is 2.31. The third kappa shape index (κ3) is 5.53. The number of ether oxygens (including phenoxy) is 3. The molecular formula is C17H19F2NO7. The van der Waals surface area contributed by atoms with E-state index >= 15 is 0 Å². The summed E-state index contributed by atoms with van der Waals surface area (Å²) in [6.07, 6.45) is -2.10. The lowest BCUT2D eigenvalue weighted by molar-refractivity contribution is -0.164. The zero-order valence-electron chi connectivity index (χ0n) is 14.7. The lowest BCUT2D eigenvalue weighted by Gasteiger charge is -2.23. The summed E-state index contributed by atoms with van der Waals surface area (Å²) in [7, 11) is 0. The fourth-order valence-electron chi connectivity index (χ4n) is 2.74. The Balaban J connectivity index is 1.99. The number of carbonyl (C=O) groups is 3. The van der Waals surface area contributed by atoms with E-state index in [-0.39, 0.29) is 25.3 Å². The Morgan fingerprint density at radius 2 is 2.00 bits per heavy atom. The first kappa shape index (κ1) is 20.4. The van der Waals surface area contributed by atoms with E-state index < -0.39 is 47.9 Å². The number of likely N-dealkylation sites (tertiary alicyclic amines) is 1. The molecule has 0 unspecified atom stereocenters. The van der Waals surface area contributed by atoms with Gasteiger partial charge in [-0.2, -0.15) is 0 Å². The maximum Gasteiger partial charge on any atom is 0.413 e. The minimum absolute atomic E-state index is 0.0282. The molecule has 1 fully saturated rings. The van der Waals surface area contributed by atoms with E-state index in [1.165, 1.54) is 6.92 Å². The van der Waals surface area contributed by atoms with Gasteiger partial charge in [0.2, 0.25) is 6.29 Å². The molecule has 1 aliphatic rings. The lowest BCUT2D eigenvalue weighted by Crippen LogP contribution is -2.42. The molecule has 2 rings (SSSR count). The number of amides is 1. The molecule has 0 spiro atoms. The Morgan fingerprint density at radius 1 is 1.30 bits per heavy atom. The highest BCUT2D eigenvalue weighted by atomic mass is 19.1. The van der Waals surface area contributed by atoms with Crippen molar-refractivity contribution in [2.24, 2.45) is 5.92 Å². The van der Waals surface area contributed by atoms with Crippen molar-refractivity contribution in [3.05, 3.63) is 29.8 Å². The number of aliphatic carboxylic acids is 1. The average Bonchev–Trinajstić information content (AvgIpc) is 2.99. The van der Waals surface area contributed by atoms with Gasteiger partial charge in [-0.15, -0.1) is 0 Å². The smallest absolute Gasteiger partial charge is 0.413 e. The van der Waals surface area contributed by atoms with Crippen molar-refractivity contribution in [2.45, 2.75) is 32.6 Å². The predicted molar refractivity (Wildman–Crippen MR) is 85.8 cm³/mol. The first-order valence-electron chi connectivity index (χ1n) is 8.12. The van der Waals surface area contributed by atoms with Crippen molar-refractivity contribution in [3.63, 3.8) is 0 Å². The molecule has 0 bridgehead atoms. The number of carboxylic acids is 1. The van der Waals surface area contributed by atoms with Crippen molar-refractivity contribution >= 4 is 18.0 Å². The van der Waals surface area contributed by atoms with Gasteiger partial charge in [0.25, 0.3) is 0 Å². The van der Waals surface area contributed by atoms with Crippen LogP contribution in [0.15, 0.2) is 18.2 Å². The minimum atomic E-state index is -1.24. The molecule has 27 heavy (non-hydrogen) atoms. The second-order valence-electron chi connectivity index (χ2n) is 6.05. The molecule has 0 aromatic heterocycles. The molecule has 0 saturated carbocycles. The van der Waals surface area contributed by atoms with Crippen LogP contribution in [-0.2, 0) is 19.1 Å². The minimum Gasteiger partial charge on any atom is -0.490 e. The van der Waals surface area contributed by atoms with Gasteiger partial charge in [0.05, 0.1) is 6.61 Å². The number of esters is 1. The molecule has 1 heterocycles. The van der Waals surface area contributed by atoms with E-state index in [4.69, 9.17) is 9.47 Å². The molecule has 1 saturated heterocycles. The van der Waals surface area contributed by atoms with Crippen LogP contribution in [0.2, 0.25) is 0 Å². The van der Waals surface area contributed by atoms with Crippen LogP contribution in [0.1, 0.15) is 20.3 Å². The molecule has 10 heteroatoms. The molecule has 148 valence electrons. The van der Waals surface area contributed by atoms with Gasteiger partial charge in [-0.1, -0.05) is 0 Å². The molecule has 1 N–H and O–H groups in total. The second kappa shape index (κ2) is 8.65. The van der Waals surface area contributed by atoms with E-state index in [2.05, 4.69) is 4.74 Å². The summed E-state index contributed by atoms with van der Waals surface area (Å²) in [5.74, 6) is -4.07. The molecular weight excluding hydrogens is 368 g/mol. The fraction of sp³-hybridized carbons (Fsp3) is 0.471. The van der Waals surface area contributed by atoms with Crippen LogP contribution in [0.5, 0.6) is 5.75 Å². The Bertz CT molecular complexity index is 727. The highest BCUT2D eigenvalue weighted by Crippen LogP contribution is 2.27. The van der Waals surface area contributed by atoms with Crippen LogP contribution in [-0.4, -0.2) is 53.5 Å². The molecule has 8 nitrogen and oxygen atoms in total. The number of hydrogen-bond acceptors (Lipinski definition) is 6. The van der Waals surface area contributed by atoms with E-state index in [1.807, 2.05) is 0 Å². The lowest BCUT2D eigenvalue weighted by atomic mass is 10.1. The quantitative estimate of drug-likeness (QED) is 0.589. The van der Waals surface area contributed by atoms with Gasteiger partial charge < -0.3 is 19.3 Å². The largest absolute Gasteiger partial charge is 0.490 e. The van der Waals surface area contributed by atoms with Crippen molar-refractivity contribution in [3.8, 4) is 5.75 Å². The highest BCUT2D eigenvalue weighted by molar-refractivity contribution is 5.81. The third-order valence-corrected chi connectivity index (χ3v) is 3.87. The topological polar surface area (TPSA) is 102 Å². The normalized spacial score (nSPS) is 20.1. The number of hydrogen-bond donors (Lipinski definition) is 1. The zero-order chi connectivity index (χ0) is 20.1. The molecule has 1 aromatic rings. The van der Waals surface area contributed by atoms with Crippen molar-refractivity contribution in [1.82, 2.24) is 4.90 Å². The van der Waals surface area contributed by atoms with Crippen LogP contribution in [0.4, 0.5) is 13.6 Å². The number of nitrogens with zero attached hydrogens (tertiary/aromatic N) is 1. The van der Waals surface area contributed by atoms with Crippen molar-refractivity contribution in [1.29, 1.82) is 0 Å². The third-order valence-electron chi connectivity index (χ3n) is 3.87. The maximum atomic E-state index is 13.6. The first-order chi connectivity index (χ1) is 12.7. The molecule has 1 aliphatic heterocycles. The van der Waals surface area contributed by atoms with Gasteiger partial charge in [0.1, 0.15) is 11.9 Å². The van der Waals surface area contributed by atoms with Crippen LogP contribution in [0.25, 0.3) is 0 Å². The zero-order valence-corrected chi connectivity index (χ0v) is 14.7. The van der Waals surface area contributed by atoms with E-state index in [0.29, 0.717) is 0 Å². The van der Waals surface area contributed by atoms with E-state index in [0.717, 1.165) is 30.0 Å². The van der Waals surface area contributed by atoms with Crippen LogP contribution in [0.3, 0.4) is 0 Å². The fourth-order valence-corrected chi connectivity index (χ4v) is 2.74. The molecule has 1 amide bonds. The number of carboxylic acid groups (broad SMARTS) is 1. The van der Waals surface area contributed by atoms with Gasteiger partial charge in [-0.05, 0) is 18.6 Å². The average molecular weight is 387 g/mol. The standard InChI is InChI=1S/C17H19F2NO7/c1-9(21)26-10(2)27-17(24)20-7-11(5-14(20)16(22)23)8-25-15-6-12(18)3-4-13(15)19/h3-4,6,10-11,14H,5,7-8H2,1-2H3,(H,22,23)/t10-,11-,14-/m0/s1. The van der Waals surface area contributed by atoms with E-state index in [9.17, 15) is 28.3 Å². The summed E-state index contributed by atoms with van der Waals surface area (Å²) in [5.41, 5.74) is 0. The van der Waals surface area contributed by atoms with Crippen LogP contribution >= 0.6 is 0 Å².